The molecule has 33 heavy (non-hydrogen) atoms. The summed E-state index contributed by atoms with van der Waals surface area (Å²) in [4.78, 5) is 16.7. The summed E-state index contributed by atoms with van der Waals surface area (Å²) in [5.41, 5.74) is 8.37. The molecular weight excluding hydrogens is 413 g/mol. The molecule has 0 radical (unpaired) electrons. The average molecular weight is 443 g/mol. The van der Waals surface area contributed by atoms with Crippen LogP contribution in [-0.4, -0.2) is 17.4 Å². The van der Waals surface area contributed by atoms with Crippen molar-refractivity contribution in [3.63, 3.8) is 0 Å². The van der Waals surface area contributed by atoms with Gasteiger partial charge in [0.15, 0.2) is 0 Å². The smallest absolute Gasteiger partial charge is 0.256 e. The molecule has 1 aliphatic carbocycles. The number of carbonyl (C=O) groups excluding carboxylic acids is 1. The van der Waals surface area contributed by atoms with Gasteiger partial charge in [0.1, 0.15) is 5.82 Å². The van der Waals surface area contributed by atoms with Crippen molar-refractivity contribution in [2.24, 2.45) is 0 Å². The molecule has 0 fully saturated rings. The van der Waals surface area contributed by atoms with E-state index in [4.69, 9.17) is 0 Å². The SMILES string of the molecule is C=C[NH2+]CCCc1c(/C=C2\C(=O)Nc3cccc(-c4ccccc4F)c32)[nH]c2c1CCCC2. The second-order valence-corrected chi connectivity index (χ2v) is 8.77. The molecule has 168 valence electrons. The minimum atomic E-state index is -0.293. The molecule has 0 atom stereocenters. The standard InChI is InChI=1S/C28H28FN3O/c1-2-30-16-8-12-20-19-10-4-6-14-24(19)31-26(20)17-22-27-21(18-9-3-5-13-23(18)29)11-7-15-25(27)32-28(22)33/h2-3,5,7,9,11,13,15,17,30-31H,1,4,6,8,10,12,14,16H2,(H,32,33)/p+1/b22-17-. The minimum absolute atomic E-state index is 0.146. The van der Waals surface area contributed by atoms with Crippen LogP contribution in [0.2, 0.25) is 0 Å². The number of benzene rings is 2. The van der Waals surface area contributed by atoms with Crippen LogP contribution in [0.25, 0.3) is 22.8 Å². The van der Waals surface area contributed by atoms with Gasteiger partial charge in [-0.2, -0.15) is 0 Å². The predicted molar refractivity (Wildman–Crippen MR) is 131 cm³/mol. The van der Waals surface area contributed by atoms with Crippen molar-refractivity contribution in [1.29, 1.82) is 0 Å². The van der Waals surface area contributed by atoms with Gasteiger partial charge in [0.05, 0.1) is 18.3 Å². The molecule has 0 bridgehead atoms. The van der Waals surface area contributed by atoms with E-state index >= 15 is 0 Å². The highest BCUT2D eigenvalue weighted by Crippen LogP contribution is 2.41. The molecule has 2 aliphatic rings. The average Bonchev–Trinajstić information content (AvgIpc) is 3.34. The normalized spacial score (nSPS) is 15.9. The molecule has 0 saturated carbocycles. The molecular formula is C28H29FN3O+. The van der Waals surface area contributed by atoms with Gasteiger partial charge in [-0.15, -0.1) is 0 Å². The Morgan fingerprint density at radius 2 is 1.88 bits per heavy atom. The highest BCUT2D eigenvalue weighted by molar-refractivity contribution is 6.36. The van der Waals surface area contributed by atoms with E-state index in [0.29, 0.717) is 11.1 Å². The number of hydrogen-bond acceptors (Lipinski definition) is 1. The third kappa shape index (κ3) is 4.05. The number of amides is 1. The van der Waals surface area contributed by atoms with E-state index in [2.05, 4.69) is 22.2 Å². The molecule has 2 heterocycles. The van der Waals surface area contributed by atoms with E-state index in [1.807, 2.05) is 36.5 Å². The van der Waals surface area contributed by atoms with Crippen LogP contribution in [-0.2, 0) is 24.1 Å². The second kappa shape index (κ2) is 9.20. The monoisotopic (exact) mass is 442 g/mol. The number of quaternary nitrogens is 1. The van der Waals surface area contributed by atoms with Crippen molar-refractivity contribution in [3.05, 3.63) is 89.1 Å². The lowest BCUT2D eigenvalue weighted by molar-refractivity contribution is -0.587. The van der Waals surface area contributed by atoms with Crippen LogP contribution in [0.1, 0.15) is 47.3 Å². The first-order chi connectivity index (χ1) is 16.2. The molecule has 4 nitrogen and oxygen atoms in total. The highest BCUT2D eigenvalue weighted by atomic mass is 19.1. The van der Waals surface area contributed by atoms with Crippen molar-refractivity contribution >= 4 is 23.2 Å². The molecule has 0 unspecified atom stereocenters. The molecule has 0 spiro atoms. The van der Waals surface area contributed by atoms with Gasteiger partial charge < -0.3 is 15.6 Å². The van der Waals surface area contributed by atoms with Gasteiger partial charge in [-0.05, 0) is 73.6 Å². The Morgan fingerprint density at radius 1 is 1.06 bits per heavy atom. The van der Waals surface area contributed by atoms with Crippen LogP contribution in [0.5, 0.6) is 0 Å². The molecule has 4 N–H and O–H groups in total. The van der Waals surface area contributed by atoms with Gasteiger partial charge in [-0.3, -0.25) is 4.79 Å². The van der Waals surface area contributed by atoms with Crippen molar-refractivity contribution in [2.45, 2.75) is 38.5 Å². The predicted octanol–water partition coefficient (Wildman–Crippen LogP) is 4.83. The molecule has 5 heteroatoms. The third-order valence-electron chi connectivity index (χ3n) is 6.69. The van der Waals surface area contributed by atoms with E-state index < -0.39 is 0 Å². The first kappa shape index (κ1) is 21.4. The van der Waals surface area contributed by atoms with Crippen LogP contribution in [0, 0.1) is 5.82 Å². The zero-order valence-electron chi connectivity index (χ0n) is 18.7. The summed E-state index contributed by atoms with van der Waals surface area (Å²) in [6.07, 6.45) is 10.3. The number of anilines is 1. The van der Waals surface area contributed by atoms with Crippen LogP contribution in [0.3, 0.4) is 0 Å². The van der Waals surface area contributed by atoms with Crippen LogP contribution < -0.4 is 10.6 Å². The van der Waals surface area contributed by atoms with Crippen LogP contribution in [0.4, 0.5) is 10.1 Å². The number of aryl methyl sites for hydroxylation is 1. The summed E-state index contributed by atoms with van der Waals surface area (Å²) in [5, 5.41) is 5.07. The number of nitrogens with one attached hydrogen (secondary N) is 2. The van der Waals surface area contributed by atoms with E-state index in [-0.39, 0.29) is 11.7 Å². The van der Waals surface area contributed by atoms with Gasteiger partial charge in [0.25, 0.3) is 5.91 Å². The topological polar surface area (TPSA) is 61.5 Å². The molecule has 3 aromatic rings. The Bertz CT molecular complexity index is 1250. The summed E-state index contributed by atoms with van der Waals surface area (Å²) >= 11 is 0. The maximum atomic E-state index is 14.7. The number of rotatable bonds is 7. The van der Waals surface area contributed by atoms with E-state index in [1.165, 1.54) is 35.7 Å². The molecule has 2 aromatic carbocycles. The Hall–Kier alpha value is -3.44. The maximum Gasteiger partial charge on any atom is 0.256 e. The van der Waals surface area contributed by atoms with Gasteiger partial charge >= 0.3 is 0 Å². The summed E-state index contributed by atoms with van der Waals surface area (Å²) in [6, 6.07) is 12.4. The number of H-pyrrole nitrogens is 1. The van der Waals surface area contributed by atoms with Gasteiger partial charge in [0, 0.05) is 34.6 Å². The van der Waals surface area contributed by atoms with Crippen molar-refractivity contribution in [3.8, 4) is 11.1 Å². The van der Waals surface area contributed by atoms with E-state index in [9.17, 15) is 9.18 Å². The Kier molecular flexibility index (Phi) is 5.97. The lowest BCUT2D eigenvalue weighted by Crippen LogP contribution is -2.77. The zero-order valence-corrected chi connectivity index (χ0v) is 18.7. The number of hydrogen-bond donors (Lipinski definition) is 3. The Labute approximate surface area is 193 Å². The first-order valence-electron chi connectivity index (χ1n) is 11.8. The van der Waals surface area contributed by atoms with Gasteiger partial charge in [-0.1, -0.05) is 30.3 Å². The quantitative estimate of drug-likeness (QED) is 0.356. The number of fused-ring (bicyclic) bond motifs is 2. The van der Waals surface area contributed by atoms with Crippen molar-refractivity contribution < 1.29 is 14.5 Å². The summed E-state index contributed by atoms with van der Waals surface area (Å²) in [7, 11) is 0. The lowest BCUT2D eigenvalue weighted by atomic mass is 9.91. The number of nitrogens with two attached hydrogens (primary N) is 1. The summed E-state index contributed by atoms with van der Waals surface area (Å²) in [6.45, 7) is 4.76. The Morgan fingerprint density at radius 3 is 2.73 bits per heavy atom. The van der Waals surface area contributed by atoms with Gasteiger partial charge in [-0.25, -0.2) is 4.39 Å². The number of carbonyl (C=O) groups is 1. The second-order valence-electron chi connectivity index (χ2n) is 8.77. The van der Waals surface area contributed by atoms with Crippen LogP contribution in [0.15, 0.2) is 55.2 Å². The van der Waals surface area contributed by atoms with Gasteiger partial charge in [0.2, 0.25) is 0 Å². The van der Waals surface area contributed by atoms with Crippen LogP contribution >= 0.6 is 0 Å². The van der Waals surface area contributed by atoms with Crippen molar-refractivity contribution in [2.75, 3.05) is 11.9 Å². The Balaban J connectivity index is 1.61. The third-order valence-corrected chi connectivity index (χ3v) is 6.69. The number of aromatic nitrogens is 1. The van der Waals surface area contributed by atoms with E-state index in [0.717, 1.165) is 54.7 Å². The van der Waals surface area contributed by atoms with Crippen molar-refractivity contribution in [1.82, 2.24) is 4.98 Å². The molecule has 1 aromatic heterocycles. The molecule has 1 amide bonds. The minimum Gasteiger partial charge on any atom is -0.358 e. The fraction of sp³-hybridized carbons (Fsp3) is 0.250. The largest absolute Gasteiger partial charge is 0.358 e. The summed E-state index contributed by atoms with van der Waals surface area (Å²) in [5.74, 6) is -0.439. The lowest BCUT2D eigenvalue weighted by Gasteiger charge is -2.12. The fourth-order valence-electron chi connectivity index (χ4n) is 5.14. The molecule has 0 saturated heterocycles. The van der Waals surface area contributed by atoms with E-state index in [1.54, 1.807) is 12.1 Å². The fourth-order valence-corrected chi connectivity index (χ4v) is 5.14. The number of aromatic amines is 1. The maximum absolute atomic E-state index is 14.7. The zero-order chi connectivity index (χ0) is 22.8. The first-order valence-corrected chi connectivity index (χ1v) is 11.8. The molecule has 1 aliphatic heterocycles. The molecule has 5 rings (SSSR count). The summed E-state index contributed by atoms with van der Waals surface area (Å²) < 4.78 is 14.7. The number of halogens is 1. The highest BCUT2D eigenvalue weighted by Gasteiger charge is 2.29.